The molecule has 1 fully saturated rings. The van der Waals surface area contributed by atoms with Crippen LogP contribution in [-0.4, -0.2) is 42.4 Å². The number of carbonyl (C=O) groups is 2. The third kappa shape index (κ3) is 4.20. The van der Waals surface area contributed by atoms with Gasteiger partial charge in [0.15, 0.2) is 0 Å². The molecule has 0 aliphatic heterocycles. The first-order valence-corrected chi connectivity index (χ1v) is 6.97. The maximum atomic E-state index is 12.3. The number of likely N-dealkylation sites (N-methyl/N-ethyl adjacent to an activating group) is 1. The molecule has 2 atom stereocenters. The van der Waals surface area contributed by atoms with E-state index in [-0.39, 0.29) is 17.7 Å². The van der Waals surface area contributed by atoms with Gasteiger partial charge in [0, 0.05) is 14.1 Å². The third-order valence-electron chi connectivity index (χ3n) is 3.67. The number of nitrogens with two attached hydrogens (primary N) is 1. The summed E-state index contributed by atoms with van der Waals surface area (Å²) in [6.07, 6.45) is 2.62. The summed E-state index contributed by atoms with van der Waals surface area (Å²) in [6, 6.07) is -0.482. The number of nitrogens with zero attached hydrogens (tertiary/aromatic N) is 1. The van der Waals surface area contributed by atoms with Gasteiger partial charge in [-0.1, -0.05) is 13.8 Å². The summed E-state index contributed by atoms with van der Waals surface area (Å²) in [7, 11) is 3.40. The van der Waals surface area contributed by atoms with E-state index in [1.54, 1.807) is 21.0 Å². The number of hydrogen-bond acceptors (Lipinski definition) is 3. The summed E-state index contributed by atoms with van der Waals surface area (Å²) in [5.74, 6) is 0.297. The Balaban J connectivity index is 2.71. The molecule has 110 valence electrons. The lowest BCUT2D eigenvalue weighted by atomic mass is 9.94. The lowest BCUT2D eigenvalue weighted by Gasteiger charge is -2.29. The van der Waals surface area contributed by atoms with Crippen LogP contribution in [0.4, 0.5) is 0 Å². The van der Waals surface area contributed by atoms with E-state index in [2.05, 4.69) is 5.32 Å². The molecule has 1 rings (SSSR count). The molecule has 0 saturated heterocycles. The van der Waals surface area contributed by atoms with E-state index in [0.29, 0.717) is 12.3 Å². The summed E-state index contributed by atoms with van der Waals surface area (Å²) >= 11 is 0. The Morgan fingerprint density at radius 2 is 1.89 bits per heavy atom. The number of rotatable bonds is 6. The second kappa shape index (κ2) is 5.90. The molecule has 3 N–H and O–H groups in total. The van der Waals surface area contributed by atoms with Crippen molar-refractivity contribution in [2.45, 2.75) is 51.6 Å². The first kappa shape index (κ1) is 16.0. The summed E-state index contributed by atoms with van der Waals surface area (Å²) < 4.78 is 0. The Bertz CT molecular complexity index is 347. The molecule has 0 spiro atoms. The second-order valence-corrected chi connectivity index (χ2v) is 6.45. The summed E-state index contributed by atoms with van der Waals surface area (Å²) in [6.45, 7) is 5.82. The molecule has 0 heterocycles. The molecular weight excluding hydrogens is 242 g/mol. The van der Waals surface area contributed by atoms with Crippen LogP contribution >= 0.6 is 0 Å². The predicted octanol–water partition coefficient (Wildman–Crippen LogP) is 0.733. The Morgan fingerprint density at radius 1 is 1.37 bits per heavy atom. The van der Waals surface area contributed by atoms with Crippen LogP contribution in [0.5, 0.6) is 0 Å². The van der Waals surface area contributed by atoms with E-state index in [4.69, 9.17) is 5.73 Å². The van der Waals surface area contributed by atoms with Crippen LogP contribution < -0.4 is 11.1 Å². The molecule has 1 aliphatic rings. The highest BCUT2D eigenvalue weighted by Gasteiger charge is 2.45. The first-order chi connectivity index (χ1) is 8.66. The van der Waals surface area contributed by atoms with Gasteiger partial charge < -0.3 is 16.0 Å². The van der Waals surface area contributed by atoms with Crippen molar-refractivity contribution in [3.63, 3.8) is 0 Å². The molecule has 0 aromatic rings. The van der Waals surface area contributed by atoms with Crippen molar-refractivity contribution in [2.75, 3.05) is 14.1 Å². The van der Waals surface area contributed by atoms with Gasteiger partial charge in [-0.15, -0.1) is 0 Å². The minimum Gasteiger partial charge on any atom is -0.347 e. The maximum Gasteiger partial charge on any atom is 0.244 e. The molecular formula is C14H27N3O2. The normalized spacial score (nSPS) is 19.7. The molecule has 0 aromatic heterocycles. The molecule has 5 heteroatoms. The molecule has 1 saturated carbocycles. The number of amides is 2. The highest BCUT2D eigenvalue weighted by Crippen LogP contribution is 2.38. The lowest BCUT2D eigenvalue weighted by molar-refractivity contribution is -0.136. The molecule has 2 amide bonds. The van der Waals surface area contributed by atoms with Crippen LogP contribution in [0.25, 0.3) is 0 Å². The Morgan fingerprint density at radius 3 is 2.26 bits per heavy atom. The van der Waals surface area contributed by atoms with Gasteiger partial charge in [-0.3, -0.25) is 9.59 Å². The zero-order valence-electron chi connectivity index (χ0n) is 12.7. The number of carbonyl (C=O) groups excluding carboxylic acids is 2. The molecule has 2 unspecified atom stereocenters. The fraction of sp³-hybridized carbons (Fsp3) is 0.857. The second-order valence-electron chi connectivity index (χ2n) is 6.45. The van der Waals surface area contributed by atoms with Crippen molar-refractivity contribution in [1.82, 2.24) is 10.2 Å². The van der Waals surface area contributed by atoms with E-state index in [0.717, 1.165) is 12.8 Å². The van der Waals surface area contributed by atoms with Gasteiger partial charge in [0.2, 0.25) is 11.8 Å². The number of hydrogen-bond donors (Lipinski definition) is 2. The van der Waals surface area contributed by atoms with Crippen LogP contribution in [0.3, 0.4) is 0 Å². The Kier molecular flexibility index (Phi) is 4.96. The van der Waals surface area contributed by atoms with Gasteiger partial charge in [-0.05, 0) is 38.0 Å². The van der Waals surface area contributed by atoms with Crippen molar-refractivity contribution in [1.29, 1.82) is 0 Å². The fourth-order valence-corrected chi connectivity index (χ4v) is 2.19. The molecule has 1 aliphatic carbocycles. The maximum absolute atomic E-state index is 12.3. The van der Waals surface area contributed by atoms with Crippen LogP contribution in [0.2, 0.25) is 0 Å². The average Bonchev–Trinajstić information content (AvgIpc) is 3.09. The molecule has 0 aromatic carbocycles. The van der Waals surface area contributed by atoms with E-state index < -0.39 is 11.6 Å². The van der Waals surface area contributed by atoms with Crippen molar-refractivity contribution in [3.8, 4) is 0 Å². The molecule has 0 bridgehead atoms. The average molecular weight is 269 g/mol. The predicted molar refractivity (Wildman–Crippen MR) is 75.4 cm³/mol. The van der Waals surface area contributed by atoms with Crippen LogP contribution in [-0.2, 0) is 9.59 Å². The van der Waals surface area contributed by atoms with Crippen LogP contribution in [0, 0.1) is 11.8 Å². The third-order valence-corrected chi connectivity index (χ3v) is 3.67. The molecule has 5 nitrogen and oxygen atoms in total. The first-order valence-electron chi connectivity index (χ1n) is 6.97. The van der Waals surface area contributed by atoms with Crippen molar-refractivity contribution in [2.24, 2.45) is 17.6 Å². The van der Waals surface area contributed by atoms with Crippen molar-refractivity contribution < 1.29 is 9.59 Å². The van der Waals surface area contributed by atoms with Gasteiger partial charge in [-0.2, -0.15) is 0 Å². The topological polar surface area (TPSA) is 75.4 Å². The largest absolute Gasteiger partial charge is 0.347 e. The van der Waals surface area contributed by atoms with Gasteiger partial charge >= 0.3 is 0 Å². The minimum absolute atomic E-state index is 0.0753. The molecule has 19 heavy (non-hydrogen) atoms. The van der Waals surface area contributed by atoms with Crippen molar-refractivity contribution >= 4 is 11.8 Å². The lowest BCUT2D eigenvalue weighted by Crippen LogP contribution is -2.58. The monoisotopic (exact) mass is 269 g/mol. The summed E-state index contributed by atoms with van der Waals surface area (Å²) in [4.78, 5) is 25.9. The zero-order chi connectivity index (χ0) is 14.8. The van der Waals surface area contributed by atoms with Gasteiger partial charge in [-0.25, -0.2) is 0 Å². The Hall–Kier alpha value is -1.10. The highest BCUT2D eigenvalue weighted by atomic mass is 16.2. The van der Waals surface area contributed by atoms with E-state index in [1.807, 2.05) is 13.8 Å². The van der Waals surface area contributed by atoms with E-state index in [1.165, 1.54) is 4.90 Å². The Labute approximate surface area is 115 Å². The van der Waals surface area contributed by atoms with Crippen molar-refractivity contribution in [3.05, 3.63) is 0 Å². The summed E-state index contributed by atoms with van der Waals surface area (Å²) in [5.41, 5.74) is 5.22. The van der Waals surface area contributed by atoms with Gasteiger partial charge in [0.1, 0.15) is 6.04 Å². The van der Waals surface area contributed by atoms with Crippen LogP contribution in [0.15, 0.2) is 0 Å². The molecule has 0 radical (unpaired) electrons. The van der Waals surface area contributed by atoms with E-state index in [9.17, 15) is 9.59 Å². The smallest absolute Gasteiger partial charge is 0.244 e. The summed E-state index contributed by atoms with van der Waals surface area (Å²) in [5, 5.41) is 2.84. The van der Waals surface area contributed by atoms with E-state index >= 15 is 0 Å². The van der Waals surface area contributed by atoms with Gasteiger partial charge in [0.25, 0.3) is 0 Å². The highest BCUT2D eigenvalue weighted by molar-refractivity contribution is 5.92. The quantitative estimate of drug-likeness (QED) is 0.746. The van der Waals surface area contributed by atoms with Crippen LogP contribution in [0.1, 0.15) is 40.0 Å². The van der Waals surface area contributed by atoms with Gasteiger partial charge in [0.05, 0.1) is 5.54 Å². The fourth-order valence-electron chi connectivity index (χ4n) is 2.19. The minimum atomic E-state index is -0.859. The SMILES string of the molecule is CC(C)CC(NC(=O)C(C)(N)C1CC1)C(=O)N(C)C. The zero-order valence-corrected chi connectivity index (χ0v) is 12.7. The number of nitrogens with one attached hydrogen (secondary N) is 1. The standard InChI is InChI=1S/C14H27N3O2/c1-9(2)8-11(12(18)17(4)5)16-13(19)14(3,15)10-6-7-10/h9-11H,6-8,15H2,1-5H3,(H,16,19).